The predicted molar refractivity (Wildman–Crippen MR) is 59.8 cm³/mol. The highest BCUT2D eigenvalue weighted by molar-refractivity contribution is 6.33. The Balaban J connectivity index is 2.30. The molecule has 0 bridgehead atoms. The van der Waals surface area contributed by atoms with Gasteiger partial charge in [-0.1, -0.05) is 11.6 Å². The third-order valence-electron chi connectivity index (χ3n) is 2.52. The SMILES string of the molecule is COc1ccc(Cl)c(N2CCC(=O)C2)c1. The van der Waals surface area contributed by atoms with E-state index in [1.807, 2.05) is 17.0 Å². The Kier molecular flexibility index (Phi) is 2.82. The van der Waals surface area contributed by atoms with Gasteiger partial charge in [0.05, 0.1) is 24.4 Å². The molecule has 0 amide bonds. The molecule has 15 heavy (non-hydrogen) atoms. The lowest BCUT2D eigenvalue weighted by Gasteiger charge is -2.18. The van der Waals surface area contributed by atoms with Crippen LogP contribution < -0.4 is 9.64 Å². The standard InChI is InChI=1S/C11H12ClNO2/c1-15-9-2-3-10(12)11(6-9)13-5-4-8(14)7-13/h2-3,6H,4-5,7H2,1H3. The first-order chi connectivity index (χ1) is 7.20. The number of ether oxygens (including phenoxy) is 1. The van der Waals surface area contributed by atoms with Gasteiger partial charge in [-0.15, -0.1) is 0 Å². The van der Waals surface area contributed by atoms with Gasteiger partial charge in [0.25, 0.3) is 0 Å². The molecule has 0 radical (unpaired) electrons. The third-order valence-corrected chi connectivity index (χ3v) is 2.84. The Morgan fingerprint density at radius 1 is 1.47 bits per heavy atom. The summed E-state index contributed by atoms with van der Waals surface area (Å²) in [5, 5.41) is 0.658. The van der Waals surface area contributed by atoms with E-state index in [4.69, 9.17) is 16.3 Å². The Hall–Kier alpha value is -1.22. The zero-order valence-electron chi connectivity index (χ0n) is 8.50. The highest BCUT2D eigenvalue weighted by Crippen LogP contribution is 2.31. The van der Waals surface area contributed by atoms with Gasteiger partial charge in [0.1, 0.15) is 5.75 Å². The number of carbonyl (C=O) groups excluding carboxylic acids is 1. The van der Waals surface area contributed by atoms with Crippen LogP contribution in [0.4, 0.5) is 5.69 Å². The van der Waals surface area contributed by atoms with Gasteiger partial charge in [-0.3, -0.25) is 4.79 Å². The van der Waals surface area contributed by atoms with Crippen LogP contribution in [0.3, 0.4) is 0 Å². The molecule has 80 valence electrons. The monoisotopic (exact) mass is 225 g/mol. The van der Waals surface area contributed by atoms with E-state index in [9.17, 15) is 4.79 Å². The summed E-state index contributed by atoms with van der Waals surface area (Å²) in [6.07, 6.45) is 0.605. The van der Waals surface area contributed by atoms with Crippen LogP contribution in [0.1, 0.15) is 6.42 Å². The van der Waals surface area contributed by atoms with Gasteiger partial charge in [0.15, 0.2) is 5.78 Å². The predicted octanol–water partition coefficient (Wildman–Crippen LogP) is 2.13. The molecular formula is C11H12ClNO2. The summed E-state index contributed by atoms with van der Waals surface area (Å²) < 4.78 is 5.13. The summed E-state index contributed by atoms with van der Waals surface area (Å²) in [6.45, 7) is 1.19. The average molecular weight is 226 g/mol. The Morgan fingerprint density at radius 3 is 2.87 bits per heavy atom. The number of methoxy groups -OCH3 is 1. The van der Waals surface area contributed by atoms with Gasteiger partial charge in [0, 0.05) is 19.0 Å². The first-order valence-electron chi connectivity index (χ1n) is 4.81. The molecule has 1 fully saturated rings. The first-order valence-corrected chi connectivity index (χ1v) is 5.18. The maximum atomic E-state index is 11.2. The van der Waals surface area contributed by atoms with Crippen LogP contribution in [0.15, 0.2) is 18.2 Å². The number of hydrogen-bond donors (Lipinski definition) is 0. The Bertz CT molecular complexity index is 392. The number of benzene rings is 1. The quantitative estimate of drug-likeness (QED) is 0.772. The zero-order chi connectivity index (χ0) is 10.8. The van der Waals surface area contributed by atoms with Gasteiger partial charge < -0.3 is 9.64 Å². The number of hydrogen-bond acceptors (Lipinski definition) is 3. The summed E-state index contributed by atoms with van der Waals surface area (Å²) in [6, 6.07) is 5.46. The van der Waals surface area contributed by atoms with Crippen molar-refractivity contribution in [1.29, 1.82) is 0 Å². The fourth-order valence-corrected chi connectivity index (χ4v) is 1.94. The first kappa shape index (κ1) is 10.3. The van der Waals surface area contributed by atoms with Crippen molar-refractivity contribution < 1.29 is 9.53 Å². The topological polar surface area (TPSA) is 29.5 Å². The summed E-state index contributed by atoms with van der Waals surface area (Å²) in [4.78, 5) is 13.2. The van der Waals surface area contributed by atoms with E-state index in [-0.39, 0.29) is 5.78 Å². The van der Waals surface area contributed by atoms with Crippen LogP contribution in [0, 0.1) is 0 Å². The van der Waals surface area contributed by atoms with Crippen LogP contribution in [-0.2, 0) is 4.79 Å². The largest absolute Gasteiger partial charge is 0.497 e. The molecule has 0 aromatic heterocycles. The van der Waals surface area contributed by atoms with E-state index >= 15 is 0 Å². The molecule has 0 unspecified atom stereocenters. The number of ketones is 1. The van der Waals surface area contributed by atoms with Crippen LogP contribution in [-0.4, -0.2) is 26.0 Å². The van der Waals surface area contributed by atoms with Gasteiger partial charge in [0.2, 0.25) is 0 Å². The lowest BCUT2D eigenvalue weighted by atomic mass is 10.3. The minimum atomic E-state index is 0.258. The molecule has 2 rings (SSSR count). The van der Waals surface area contributed by atoms with Crippen molar-refractivity contribution in [1.82, 2.24) is 0 Å². The van der Waals surface area contributed by atoms with Crippen LogP contribution >= 0.6 is 11.6 Å². The summed E-state index contributed by atoms with van der Waals surface area (Å²) in [7, 11) is 1.61. The second kappa shape index (κ2) is 4.11. The fourth-order valence-electron chi connectivity index (χ4n) is 1.70. The Morgan fingerprint density at radius 2 is 2.27 bits per heavy atom. The summed E-state index contributed by atoms with van der Waals surface area (Å²) >= 11 is 6.07. The molecule has 1 saturated heterocycles. The van der Waals surface area contributed by atoms with E-state index in [1.165, 1.54) is 0 Å². The Labute approximate surface area is 93.6 Å². The molecule has 1 heterocycles. The smallest absolute Gasteiger partial charge is 0.153 e. The van der Waals surface area contributed by atoms with Crippen LogP contribution in [0.5, 0.6) is 5.75 Å². The maximum Gasteiger partial charge on any atom is 0.153 e. The number of carbonyl (C=O) groups is 1. The second-order valence-electron chi connectivity index (χ2n) is 3.53. The van der Waals surface area contributed by atoms with E-state index in [0.29, 0.717) is 18.0 Å². The minimum absolute atomic E-state index is 0.258. The highest BCUT2D eigenvalue weighted by Gasteiger charge is 2.21. The van der Waals surface area contributed by atoms with Gasteiger partial charge >= 0.3 is 0 Å². The van der Waals surface area contributed by atoms with Crippen LogP contribution in [0.2, 0.25) is 5.02 Å². The lowest BCUT2D eigenvalue weighted by Crippen LogP contribution is -2.19. The van der Waals surface area contributed by atoms with E-state index in [0.717, 1.165) is 18.0 Å². The van der Waals surface area contributed by atoms with Crippen molar-refractivity contribution in [2.45, 2.75) is 6.42 Å². The highest BCUT2D eigenvalue weighted by atomic mass is 35.5. The molecule has 1 aromatic carbocycles. The van der Waals surface area contributed by atoms with Gasteiger partial charge in [-0.05, 0) is 12.1 Å². The molecule has 0 atom stereocenters. The zero-order valence-corrected chi connectivity index (χ0v) is 9.25. The van der Waals surface area contributed by atoms with Crippen molar-refractivity contribution in [2.24, 2.45) is 0 Å². The van der Waals surface area contributed by atoms with Crippen molar-refractivity contribution in [3.63, 3.8) is 0 Å². The van der Waals surface area contributed by atoms with E-state index in [2.05, 4.69) is 0 Å². The number of rotatable bonds is 2. The van der Waals surface area contributed by atoms with Gasteiger partial charge in [-0.2, -0.15) is 0 Å². The second-order valence-corrected chi connectivity index (χ2v) is 3.93. The minimum Gasteiger partial charge on any atom is -0.497 e. The number of Topliss-reactive ketones (excluding diaryl/α,β-unsaturated/α-hetero) is 1. The molecule has 1 aromatic rings. The van der Waals surface area contributed by atoms with Gasteiger partial charge in [-0.25, -0.2) is 0 Å². The van der Waals surface area contributed by atoms with Crippen LogP contribution in [0.25, 0.3) is 0 Å². The number of anilines is 1. The van der Waals surface area contributed by atoms with Crippen molar-refractivity contribution in [3.05, 3.63) is 23.2 Å². The van der Waals surface area contributed by atoms with E-state index in [1.54, 1.807) is 13.2 Å². The molecular weight excluding hydrogens is 214 g/mol. The average Bonchev–Trinajstić information content (AvgIpc) is 2.65. The lowest BCUT2D eigenvalue weighted by molar-refractivity contribution is -0.116. The molecule has 0 aliphatic carbocycles. The summed E-state index contributed by atoms with van der Waals surface area (Å²) in [5.74, 6) is 1.02. The molecule has 0 N–H and O–H groups in total. The van der Waals surface area contributed by atoms with Crippen molar-refractivity contribution in [2.75, 3.05) is 25.1 Å². The van der Waals surface area contributed by atoms with E-state index < -0.39 is 0 Å². The van der Waals surface area contributed by atoms with Crippen molar-refractivity contribution >= 4 is 23.1 Å². The number of halogens is 1. The number of nitrogens with zero attached hydrogens (tertiary/aromatic N) is 1. The molecule has 1 aliphatic rings. The fraction of sp³-hybridized carbons (Fsp3) is 0.364. The van der Waals surface area contributed by atoms with Crippen molar-refractivity contribution in [3.8, 4) is 5.75 Å². The molecule has 1 aliphatic heterocycles. The summed E-state index contributed by atoms with van der Waals surface area (Å²) in [5.41, 5.74) is 0.877. The maximum absolute atomic E-state index is 11.2. The molecule has 0 saturated carbocycles. The third kappa shape index (κ3) is 2.07. The molecule has 3 nitrogen and oxygen atoms in total. The molecule has 4 heteroatoms. The normalized spacial score (nSPS) is 15.9. The molecule has 0 spiro atoms.